The molecule has 4 atom stereocenters. The van der Waals surface area contributed by atoms with E-state index in [0.29, 0.717) is 17.0 Å². The Kier molecular flexibility index (Phi) is 5.13. The number of H-pyrrole nitrogens is 1. The van der Waals surface area contributed by atoms with Gasteiger partial charge in [-0.25, -0.2) is 9.89 Å². The van der Waals surface area contributed by atoms with Crippen LogP contribution in [0.15, 0.2) is 9.95 Å². The maximum Gasteiger partial charge on any atom is 0.343 e. The molecule has 0 saturated heterocycles. The number of carbonyl (C=O) groups is 1. The number of thioether (sulfide) groups is 1. The lowest BCUT2D eigenvalue weighted by atomic mass is 9.78. The van der Waals surface area contributed by atoms with E-state index in [0.717, 1.165) is 6.42 Å². The number of nitrogens with one attached hydrogen (secondary N) is 2. The molecule has 0 aliphatic heterocycles. The molecule has 1 aromatic rings. The Labute approximate surface area is 129 Å². The van der Waals surface area contributed by atoms with Gasteiger partial charge in [-0.1, -0.05) is 38.5 Å². The zero-order valence-electron chi connectivity index (χ0n) is 13.0. The Morgan fingerprint density at radius 3 is 2.81 bits per heavy atom. The van der Waals surface area contributed by atoms with Crippen molar-refractivity contribution in [3.8, 4) is 0 Å². The first-order valence-corrected chi connectivity index (χ1v) is 8.36. The van der Waals surface area contributed by atoms with Crippen LogP contribution in [0.4, 0.5) is 0 Å². The van der Waals surface area contributed by atoms with Gasteiger partial charge in [0.1, 0.15) is 0 Å². The molecule has 0 radical (unpaired) electrons. The summed E-state index contributed by atoms with van der Waals surface area (Å²) in [5.74, 6) is 1.18. The summed E-state index contributed by atoms with van der Waals surface area (Å²) >= 11 is 1.30. The van der Waals surface area contributed by atoms with Crippen LogP contribution >= 0.6 is 11.8 Å². The minimum Gasteiger partial charge on any atom is -0.352 e. The normalized spacial score (nSPS) is 27.3. The molecule has 0 unspecified atom stereocenters. The lowest BCUT2D eigenvalue weighted by molar-refractivity contribution is -0.121. The summed E-state index contributed by atoms with van der Waals surface area (Å²) in [4.78, 5) is 23.6. The minimum atomic E-state index is -0.275. The SMILES string of the molecule is C[C@@H]1[C@H](C)CCC[C@H]1NC(=O)[C@H](C)Sc1n[nH]c(=O)n1C. The van der Waals surface area contributed by atoms with Crippen LogP contribution in [0.1, 0.15) is 40.0 Å². The molecular weight excluding hydrogens is 288 g/mol. The molecule has 1 saturated carbocycles. The van der Waals surface area contributed by atoms with E-state index < -0.39 is 0 Å². The molecule has 0 spiro atoms. The number of carbonyl (C=O) groups excluding carboxylic acids is 1. The van der Waals surface area contributed by atoms with Gasteiger partial charge >= 0.3 is 5.69 Å². The van der Waals surface area contributed by atoms with Gasteiger partial charge in [-0.3, -0.25) is 9.36 Å². The van der Waals surface area contributed by atoms with E-state index in [4.69, 9.17) is 0 Å². The Morgan fingerprint density at radius 2 is 2.19 bits per heavy atom. The molecule has 7 heteroatoms. The number of hydrogen-bond donors (Lipinski definition) is 2. The maximum absolute atomic E-state index is 12.3. The van der Waals surface area contributed by atoms with Crippen LogP contribution in [0, 0.1) is 11.8 Å². The van der Waals surface area contributed by atoms with Gasteiger partial charge in [-0.2, -0.15) is 0 Å². The van der Waals surface area contributed by atoms with Crippen molar-refractivity contribution < 1.29 is 4.79 Å². The summed E-state index contributed by atoms with van der Waals surface area (Å²) in [7, 11) is 1.64. The van der Waals surface area contributed by atoms with E-state index in [1.807, 2.05) is 6.92 Å². The van der Waals surface area contributed by atoms with Gasteiger partial charge in [0.2, 0.25) is 5.91 Å². The topological polar surface area (TPSA) is 79.8 Å². The molecule has 118 valence electrons. The molecule has 2 rings (SSSR count). The molecule has 6 nitrogen and oxygen atoms in total. The third kappa shape index (κ3) is 3.70. The number of amides is 1. The van der Waals surface area contributed by atoms with Crippen LogP contribution in [0.2, 0.25) is 0 Å². The molecule has 1 aliphatic rings. The average molecular weight is 312 g/mol. The maximum atomic E-state index is 12.3. The number of aromatic nitrogens is 3. The van der Waals surface area contributed by atoms with E-state index >= 15 is 0 Å². The summed E-state index contributed by atoms with van der Waals surface area (Å²) in [5.41, 5.74) is -0.264. The summed E-state index contributed by atoms with van der Waals surface area (Å²) in [6.07, 6.45) is 3.47. The minimum absolute atomic E-state index is 0.0152. The fraction of sp³-hybridized carbons (Fsp3) is 0.786. The number of aromatic amines is 1. The van der Waals surface area contributed by atoms with E-state index in [2.05, 4.69) is 29.4 Å². The van der Waals surface area contributed by atoms with Crippen molar-refractivity contribution in [2.24, 2.45) is 18.9 Å². The highest BCUT2D eigenvalue weighted by molar-refractivity contribution is 8.00. The smallest absolute Gasteiger partial charge is 0.343 e. The fourth-order valence-corrected chi connectivity index (χ4v) is 3.57. The highest BCUT2D eigenvalue weighted by atomic mass is 32.2. The average Bonchev–Trinajstić information content (AvgIpc) is 2.75. The molecule has 2 N–H and O–H groups in total. The molecule has 1 fully saturated rings. The van der Waals surface area contributed by atoms with Gasteiger partial charge in [0, 0.05) is 13.1 Å². The summed E-state index contributed by atoms with van der Waals surface area (Å²) < 4.78 is 1.42. The van der Waals surface area contributed by atoms with Crippen LogP contribution in [-0.4, -0.2) is 32.0 Å². The second kappa shape index (κ2) is 6.68. The van der Waals surface area contributed by atoms with Gasteiger partial charge in [0.05, 0.1) is 5.25 Å². The predicted octanol–water partition coefficient (Wildman–Crippen LogP) is 1.53. The standard InChI is InChI=1S/C14H24N4O2S/c1-8-6-5-7-11(9(8)2)15-12(19)10(3)21-14-17-16-13(20)18(14)4/h8-11H,5-7H2,1-4H3,(H,15,19)(H,16,20)/t8-,9-,10+,11-/m1/s1. The summed E-state index contributed by atoms with van der Waals surface area (Å²) in [6.45, 7) is 6.31. The predicted molar refractivity (Wildman–Crippen MR) is 83.3 cm³/mol. The lowest BCUT2D eigenvalue weighted by Gasteiger charge is -2.35. The van der Waals surface area contributed by atoms with Crippen molar-refractivity contribution in [1.82, 2.24) is 20.1 Å². The van der Waals surface area contributed by atoms with Gasteiger partial charge in [0.25, 0.3) is 0 Å². The van der Waals surface area contributed by atoms with Crippen molar-refractivity contribution in [1.29, 1.82) is 0 Å². The molecule has 1 aliphatic carbocycles. The van der Waals surface area contributed by atoms with Gasteiger partial charge in [-0.15, -0.1) is 5.10 Å². The van der Waals surface area contributed by atoms with E-state index in [9.17, 15) is 9.59 Å². The van der Waals surface area contributed by atoms with E-state index in [1.165, 1.54) is 29.2 Å². The first kappa shape index (κ1) is 16.1. The Bertz CT molecular complexity index is 553. The van der Waals surface area contributed by atoms with Crippen molar-refractivity contribution in [2.75, 3.05) is 0 Å². The molecule has 0 aromatic carbocycles. The fourth-order valence-electron chi connectivity index (χ4n) is 2.74. The number of rotatable bonds is 4. The summed E-state index contributed by atoms with van der Waals surface area (Å²) in [5, 5.41) is 9.72. The van der Waals surface area contributed by atoms with Crippen LogP contribution in [0.5, 0.6) is 0 Å². The van der Waals surface area contributed by atoms with Crippen LogP contribution in [0.3, 0.4) is 0 Å². The second-order valence-electron chi connectivity index (χ2n) is 6.01. The van der Waals surface area contributed by atoms with Crippen molar-refractivity contribution in [3.05, 3.63) is 10.5 Å². The number of hydrogen-bond acceptors (Lipinski definition) is 4. The zero-order valence-corrected chi connectivity index (χ0v) is 13.9. The first-order valence-electron chi connectivity index (χ1n) is 7.48. The quantitative estimate of drug-likeness (QED) is 0.826. The van der Waals surface area contributed by atoms with Crippen molar-refractivity contribution in [3.63, 3.8) is 0 Å². The molecule has 1 amide bonds. The van der Waals surface area contributed by atoms with Crippen LogP contribution in [-0.2, 0) is 11.8 Å². The highest BCUT2D eigenvalue weighted by Crippen LogP contribution is 2.30. The Hall–Kier alpha value is -1.24. The molecule has 1 aromatic heterocycles. The summed E-state index contributed by atoms with van der Waals surface area (Å²) in [6, 6.07) is 0.257. The largest absolute Gasteiger partial charge is 0.352 e. The highest BCUT2D eigenvalue weighted by Gasteiger charge is 2.29. The number of nitrogens with zero attached hydrogens (tertiary/aromatic N) is 2. The second-order valence-corrected chi connectivity index (χ2v) is 7.32. The van der Waals surface area contributed by atoms with Gasteiger partial charge in [0.15, 0.2) is 5.16 Å². The molecular formula is C14H24N4O2S. The zero-order chi connectivity index (χ0) is 15.6. The van der Waals surface area contributed by atoms with Crippen molar-refractivity contribution in [2.45, 2.75) is 56.5 Å². The Balaban J connectivity index is 1.93. The first-order chi connectivity index (χ1) is 9.90. The van der Waals surface area contributed by atoms with Crippen LogP contribution < -0.4 is 11.0 Å². The lowest BCUT2D eigenvalue weighted by Crippen LogP contribution is -2.46. The Morgan fingerprint density at radius 1 is 1.48 bits per heavy atom. The van der Waals surface area contributed by atoms with E-state index in [1.54, 1.807) is 7.05 Å². The van der Waals surface area contributed by atoms with E-state index in [-0.39, 0.29) is 22.9 Å². The monoisotopic (exact) mass is 312 g/mol. The molecule has 21 heavy (non-hydrogen) atoms. The van der Waals surface area contributed by atoms with Gasteiger partial charge < -0.3 is 5.32 Å². The van der Waals surface area contributed by atoms with Crippen molar-refractivity contribution >= 4 is 17.7 Å². The molecule has 0 bridgehead atoms. The third-order valence-corrected chi connectivity index (χ3v) is 5.67. The van der Waals surface area contributed by atoms with Gasteiger partial charge in [-0.05, 0) is 25.2 Å². The van der Waals surface area contributed by atoms with Crippen LogP contribution in [0.25, 0.3) is 0 Å². The third-order valence-electron chi connectivity index (χ3n) is 4.52. The molecule has 1 heterocycles.